The molecule has 0 amide bonds. The quantitative estimate of drug-likeness (QED) is 0.110. The first kappa shape index (κ1) is 32.4. The number of ether oxygens (including phenoxy) is 5. The van der Waals surface area contributed by atoms with Crippen molar-refractivity contribution in [3.63, 3.8) is 0 Å². The van der Waals surface area contributed by atoms with E-state index in [1.807, 2.05) is 18.2 Å². The zero-order valence-electron chi connectivity index (χ0n) is 25.2. The highest BCUT2D eigenvalue weighted by Crippen LogP contribution is 2.40. The van der Waals surface area contributed by atoms with Gasteiger partial charge in [-0.2, -0.15) is 0 Å². The molecule has 0 unspecified atom stereocenters. The molecule has 0 aliphatic rings. The van der Waals surface area contributed by atoms with Crippen LogP contribution in [-0.2, 0) is 0 Å². The molecule has 0 radical (unpaired) electrons. The first-order valence-electron chi connectivity index (χ1n) is 15.1. The van der Waals surface area contributed by atoms with E-state index in [0.29, 0.717) is 19.8 Å². The minimum absolute atomic E-state index is 0.664. The Hall–Kier alpha value is -2.82. The number of hydrogen-bond acceptors (Lipinski definition) is 5. The van der Waals surface area contributed by atoms with Crippen molar-refractivity contribution >= 4 is 12.2 Å². The molecule has 0 saturated heterocycles. The molecule has 0 spiro atoms. The van der Waals surface area contributed by atoms with Crippen LogP contribution in [0, 0.1) is 0 Å². The molecule has 0 heterocycles. The van der Waals surface area contributed by atoms with E-state index in [1.54, 1.807) is 14.2 Å². The van der Waals surface area contributed by atoms with Gasteiger partial charge in [-0.05, 0) is 54.7 Å². The summed E-state index contributed by atoms with van der Waals surface area (Å²) in [5.74, 6) is 3.77. The van der Waals surface area contributed by atoms with Gasteiger partial charge in [-0.3, -0.25) is 0 Å². The topological polar surface area (TPSA) is 46.2 Å². The van der Waals surface area contributed by atoms with Crippen LogP contribution in [0.1, 0.15) is 109 Å². The minimum Gasteiger partial charge on any atom is -0.497 e. The van der Waals surface area contributed by atoms with Gasteiger partial charge in [-0.15, -0.1) is 0 Å². The van der Waals surface area contributed by atoms with Gasteiger partial charge >= 0.3 is 0 Å². The first-order valence-corrected chi connectivity index (χ1v) is 15.1. The van der Waals surface area contributed by atoms with E-state index >= 15 is 0 Å². The van der Waals surface area contributed by atoms with Gasteiger partial charge in [0.1, 0.15) is 11.5 Å². The summed E-state index contributed by atoms with van der Waals surface area (Å²) < 4.78 is 29.9. The fourth-order valence-corrected chi connectivity index (χ4v) is 4.29. The van der Waals surface area contributed by atoms with Crippen molar-refractivity contribution in [3.8, 4) is 28.7 Å². The van der Waals surface area contributed by atoms with Crippen LogP contribution >= 0.6 is 0 Å². The molecule has 0 aliphatic carbocycles. The molecule has 2 aromatic carbocycles. The molecule has 0 fully saturated rings. The Balaban J connectivity index is 2.33. The van der Waals surface area contributed by atoms with Crippen LogP contribution in [-0.4, -0.2) is 34.0 Å². The molecule has 2 aromatic rings. The largest absolute Gasteiger partial charge is 0.497 e. The summed E-state index contributed by atoms with van der Waals surface area (Å²) in [6.45, 7) is 8.68. The van der Waals surface area contributed by atoms with Crippen molar-refractivity contribution < 1.29 is 23.7 Å². The maximum atomic E-state index is 6.34. The molecule has 39 heavy (non-hydrogen) atoms. The maximum Gasteiger partial charge on any atom is 0.203 e. The molecular weight excluding hydrogens is 488 g/mol. The second kappa shape index (κ2) is 20.1. The minimum atomic E-state index is 0.664. The summed E-state index contributed by atoms with van der Waals surface area (Å²) >= 11 is 0. The van der Waals surface area contributed by atoms with Crippen molar-refractivity contribution in [1.29, 1.82) is 0 Å². The molecule has 0 saturated carbocycles. The summed E-state index contributed by atoms with van der Waals surface area (Å²) in [5, 5.41) is 0. The van der Waals surface area contributed by atoms with E-state index < -0.39 is 0 Å². The second-order valence-electron chi connectivity index (χ2n) is 10.1. The molecule has 218 valence electrons. The van der Waals surface area contributed by atoms with Crippen LogP contribution in [0.15, 0.2) is 30.3 Å². The molecule has 0 N–H and O–H groups in total. The van der Waals surface area contributed by atoms with E-state index in [2.05, 4.69) is 45.1 Å². The number of methoxy groups -OCH3 is 2. The molecule has 0 aliphatic heterocycles. The van der Waals surface area contributed by atoms with Gasteiger partial charge in [0.2, 0.25) is 5.75 Å². The Morgan fingerprint density at radius 3 is 1.31 bits per heavy atom. The van der Waals surface area contributed by atoms with Gasteiger partial charge in [-0.25, -0.2) is 0 Å². The smallest absolute Gasteiger partial charge is 0.203 e. The summed E-state index contributed by atoms with van der Waals surface area (Å²) in [6, 6.07) is 9.99. The number of unbranched alkanes of at least 4 members (excludes halogenated alkanes) is 9. The predicted molar refractivity (Wildman–Crippen MR) is 164 cm³/mol. The highest BCUT2D eigenvalue weighted by molar-refractivity contribution is 5.73. The number of rotatable bonds is 22. The van der Waals surface area contributed by atoms with Gasteiger partial charge in [-0.1, -0.05) is 90.7 Å². The predicted octanol–water partition coefficient (Wildman–Crippen LogP) is 9.75. The SMILES string of the molecule is CCCCCCOc1cc(/C=C/c2cc(OC)cc(OC)c2)cc(OCCCCCC)c1OCCCCCC. The lowest BCUT2D eigenvalue weighted by Crippen LogP contribution is -2.06. The van der Waals surface area contributed by atoms with Gasteiger partial charge in [0, 0.05) is 6.07 Å². The molecule has 0 bridgehead atoms. The van der Waals surface area contributed by atoms with E-state index in [0.717, 1.165) is 59.1 Å². The molecule has 5 heteroatoms. The fourth-order valence-electron chi connectivity index (χ4n) is 4.29. The van der Waals surface area contributed by atoms with Gasteiger partial charge in [0.15, 0.2) is 11.5 Å². The molecule has 0 aromatic heterocycles. The third-order valence-electron chi connectivity index (χ3n) is 6.64. The van der Waals surface area contributed by atoms with Crippen molar-refractivity contribution in [2.75, 3.05) is 34.0 Å². The third-order valence-corrected chi connectivity index (χ3v) is 6.64. The van der Waals surface area contributed by atoms with Crippen molar-refractivity contribution in [2.24, 2.45) is 0 Å². The van der Waals surface area contributed by atoms with Crippen LogP contribution in [0.3, 0.4) is 0 Å². The van der Waals surface area contributed by atoms with Crippen LogP contribution in [0.5, 0.6) is 28.7 Å². The van der Waals surface area contributed by atoms with E-state index in [-0.39, 0.29) is 0 Å². The Labute approximate surface area is 237 Å². The summed E-state index contributed by atoms with van der Waals surface area (Å²) in [6.07, 6.45) is 18.0. The van der Waals surface area contributed by atoms with Crippen LogP contribution in [0.2, 0.25) is 0 Å². The van der Waals surface area contributed by atoms with Crippen LogP contribution in [0.4, 0.5) is 0 Å². The van der Waals surface area contributed by atoms with Gasteiger partial charge in [0.25, 0.3) is 0 Å². The Morgan fingerprint density at radius 2 is 0.897 bits per heavy atom. The Morgan fingerprint density at radius 1 is 0.487 bits per heavy atom. The van der Waals surface area contributed by atoms with Crippen LogP contribution < -0.4 is 23.7 Å². The molecule has 0 atom stereocenters. The fraction of sp³-hybridized carbons (Fsp3) is 0.588. The lowest BCUT2D eigenvalue weighted by Gasteiger charge is -2.18. The Kier molecular flexibility index (Phi) is 16.7. The molecule has 2 rings (SSSR count). The summed E-state index contributed by atoms with van der Waals surface area (Å²) in [4.78, 5) is 0. The van der Waals surface area contributed by atoms with E-state index in [4.69, 9.17) is 23.7 Å². The van der Waals surface area contributed by atoms with E-state index in [9.17, 15) is 0 Å². The van der Waals surface area contributed by atoms with Crippen LogP contribution in [0.25, 0.3) is 12.2 Å². The standard InChI is InChI=1S/C34H52O5/c1-6-9-12-15-20-37-32-25-29(19-18-28-23-30(35-4)27-31(24-28)36-5)26-33(38-21-16-13-10-7-2)34(32)39-22-17-14-11-8-3/h18-19,23-27H,6-17,20-22H2,1-5H3/b19-18+. The lowest BCUT2D eigenvalue weighted by molar-refractivity contribution is 0.234. The molecule has 5 nitrogen and oxygen atoms in total. The normalized spacial score (nSPS) is 11.1. The average molecular weight is 541 g/mol. The van der Waals surface area contributed by atoms with Crippen molar-refractivity contribution in [1.82, 2.24) is 0 Å². The second-order valence-corrected chi connectivity index (χ2v) is 10.1. The number of benzene rings is 2. The molecular formula is C34H52O5. The van der Waals surface area contributed by atoms with E-state index in [1.165, 1.54) is 57.8 Å². The third kappa shape index (κ3) is 12.7. The zero-order chi connectivity index (χ0) is 28.1. The first-order chi connectivity index (χ1) is 19.1. The lowest BCUT2D eigenvalue weighted by atomic mass is 10.1. The van der Waals surface area contributed by atoms with Crippen molar-refractivity contribution in [3.05, 3.63) is 41.5 Å². The number of hydrogen-bond donors (Lipinski definition) is 0. The van der Waals surface area contributed by atoms with Gasteiger partial charge < -0.3 is 23.7 Å². The summed E-state index contributed by atoms with van der Waals surface area (Å²) in [5.41, 5.74) is 1.99. The summed E-state index contributed by atoms with van der Waals surface area (Å²) in [7, 11) is 3.33. The van der Waals surface area contributed by atoms with Gasteiger partial charge in [0.05, 0.1) is 34.0 Å². The van der Waals surface area contributed by atoms with Crippen molar-refractivity contribution in [2.45, 2.75) is 97.8 Å². The monoisotopic (exact) mass is 540 g/mol. The highest BCUT2D eigenvalue weighted by Gasteiger charge is 2.15. The Bertz CT molecular complexity index is 895. The average Bonchev–Trinajstić information content (AvgIpc) is 2.96. The zero-order valence-corrected chi connectivity index (χ0v) is 25.2. The maximum absolute atomic E-state index is 6.34. The highest BCUT2D eigenvalue weighted by atomic mass is 16.5.